The van der Waals surface area contributed by atoms with Crippen LogP contribution < -0.4 is 5.32 Å². The number of rotatable bonds is 7. The van der Waals surface area contributed by atoms with Crippen molar-refractivity contribution in [3.8, 4) is 17.2 Å². The molecule has 0 atom stereocenters. The second-order valence-corrected chi connectivity index (χ2v) is 9.94. The van der Waals surface area contributed by atoms with Crippen LogP contribution in [-0.2, 0) is 6.42 Å². The van der Waals surface area contributed by atoms with Crippen LogP contribution >= 0.6 is 0 Å². The number of benzene rings is 1. The number of halogens is 1. The largest absolute Gasteiger partial charge is 0.351 e. The lowest BCUT2D eigenvalue weighted by Crippen LogP contribution is -2.31. The molecule has 6 rings (SSSR count). The van der Waals surface area contributed by atoms with Crippen molar-refractivity contribution in [2.24, 2.45) is 0 Å². The molecule has 1 aliphatic carbocycles. The minimum Gasteiger partial charge on any atom is -0.351 e. The van der Waals surface area contributed by atoms with Gasteiger partial charge in [0.15, 0.2) is 5.65 Å². The van der Waals surface area contributed by atoms with Crippen molar-refractivity contribution >= 4 is 17.1 Å². The number of likely N-dealkylation sites (tertiary alicyclic amines) is 1. The number of aromatic nitrogens is 5. The minimum atomic E-state index is -0.273. The van der Waals surface area contributed by atoms with Gasteiger partial charge in [0.25, 0.3) is 0 Å². The van der Waals surface area contributed by atoms with Gasteiger partial charge in [-0.15, -0.1) is 0 Å². The number of imidazole rings is 1. The monoisotopic (exact) mass is 485 g/mol. The van der Waals surface area contributed by atoms with E-state index in [2.05, 4.69) is 27.3 Å². The fraction of sp³-hybridized carbons (Fsp3) is 0.429. The van der Waals surface area contributed by atoms with E-state index in [4.69, 9.17) is 15.0 Å². The lowest BCUT2D eigenvalue weighted by molar-refractivity contribution is 0.231. The Labute approximate surface area is 210 Å². The van der Waals surface area contributed by atoms with Crippen LogP contribution in [0.1, 0.15) is 50.6 Å². The molecule has 1 aromatic carbocycles. The molecule has 0 amide bonds. The zero-order chi connectivity index (χ0) is 24.3. The van der Waals surface area contributed by atoms with E-state index in [0.29, 0.717) is 23.5 Å². The highest BCUT2D eigenvalue weighted by Gasteiger charge is 2.20. The van der Waals surface area contributed by atoms with Crippen LogP contribution in [0.25, 0.3) is 28.4 Å². The van der Waals surface area contributed by atoms with Crippen molar-refractivity contribution in [1.82, 2.24) is 29.4 Å². The molecule has 1 saturated heterocycles. The highest BCUT2D eigenvalue weighted by Crippen LogP contribution is 2.28. The Balaban J connectivity index is 1.36. The molecule has 0 bridgehead atoms. The molecule has 36 heavy (non-hydrogen) atoms. The molecule has 3 aromatic heterocycles. The van der Waals surface area contributed by atoms with Gasteiger partial charge < -0.3 is 10.2 Å². The maximum Gasteiger partial charge on any atom is 0.224 e. The summed E-state index contributed by atoms with van der Waals surface area (Å²) in [6.07, 6.45) is 11.4. The van der Waals surface area contributed by atoms with E-state index in [1.807, 2.05) is 10.6 Å². The lowest BCUT2D eigenvalue weighted by atomic mass is 10.1. The van der Waals surface area contributed by atoms with Crippen LogP contribution in [0, 0.1) is 5.82 Å². The van der Waals surface area contributed by atoms with Gasteiger partial charge in [0.1, 0.15) is 17.5 Å². The van der Waals surface area contributed by atoms with Crippen molar-refractivity contribution in [1.29, 1.82) is 0 Å². The first kappa shape index (κ1) is 23.0. The van der Waals surface area contributed by atoms with Gasteiger partial charge in [0, 0.05) is 36.5 Å². The number of hydrogen-bond donors (Lipinski definition) is 1. The fourth-order valence-electron chi connectivity index (χ4n) is 5.42. The molecule has 0 radical (unpaired) electrons. The highest BCUT2D eigenvalue weighted by atomic mass is 19.1. The molecule has 8 heteroatoms. The standard InChI is InChI=1S/C28H32FN7/c29-21-10-8-20(9-11-21)27-34-26-24(13-12-23(31-26)15-19-35-17-4-1-5-18-35)36(27)25-14-16-30-28(33-25)32-22-6-2-3-7-22/h8-14,16,22H,1-7,15,17-19H2,(H,30,32,33). The van der Waals surface area contributed by atoms with Crippen molar-refractivity contribution < 1.29 is 4.39 Å². The predicted octanol–water partition coefficient (Wildman–Crippen LogP) is 5.40. The van der Waals surface area contributed by atoms with E-state index in [-0.39, 0.29) is 5.82 Å². The lowest BCUT2D eigenvalue weighted by Gasteiger charge is -2.26. The summed E-state index contributed by atoms with van der Waals surface area (Å²) in [5.41, 5.74) is 3.40. The van der Waals surface area contributed by atoms with E-state index in [1.165, 1.54) is 57.3 Å². The number of nitrogens with one attached hydrogen (secondary N) is 1. The molecule has 186 valence electrons. The minimum absolute atomic E-state index is 0.273. The Kier molecular flexibility index (Phi) is 6.59. The molecular formula is C28H32FN7. The normalized spacial score (nSPS) is 17.1. The summed E-state index contributed by atoms with van der Waals surface area (Å²) >= 11 is 0. The smallest absolute Gasteiger partial charge is 0.224 e. The zero-order valence-electron chi connectivity index (χ0n) is 20.5. The third-order valence-corrected chi connectivity index (χ3v) is 7.37. The maximum atomic E-state index is 13.7. The van der Waals surface area contributed by atoms with Crippen LogP contribution in [0.4, 0.5) is 10.3 Å². The van der Waals surface area contributed by atoms with Crippen molar-refractivity contribution in [2.75, 3.05) is 25.0 Å². The molecule has 0 spiro atoms. The molecule has 1 aliphatic heterocycles. The van der Waals surface area contributed by atoms with Gasteiger partial charge in [-0.2, -0.15) is 4.98 Å². The number of anilines is 1. The molecule has 1 N–H and O–H groups in total. The van der Waals surface area contributed by atoms with E-state index in [1.54, 1.807) is 18.3 Å². The van der Waals surface area contributed by atoms with E-state index < -0.39 is 0 Å². The summed E-state index contributed by atoms with van der Waals surface area (Å²) in [6, 6.07) is 12.9. The van der Waals surface area contributed by atoms with Gasteiger partial charge >= 0.3 is 0 Å². The highest BCUT2D eigenvalue weighted by molar-refractivity contribution is 5.80. The van der Waals surface area contributed by atoms with E-state index >= 15 is 0 Å². The summed E-state index contributed by atoms with van der Waals surface area (Å²) in [7, 11) is 0. The quantitative estimate of drug-likeness (QED) is 0.378. The number of pyridine rings is 1. The molecule has 4 heterocycles. The first-order chi connectivity index (χ1) is 17.7. The van der Waals surface area contributed by atoms with Crippen molar-refractivity contribution in [3.05, 3.63) is 60.2 Å². The SMILES string of the molecule is Fc1ccc(-c2nc3nc(CCN4CCCCC4)ccc3n2-c2ccnc(NC3CCCC3)n2)cc1. The Morgan fingerprint density at radius 1 is 0.861 bits per heavy atom. The van der Waals surface area contributed by atoms with Crippen LogP contribution in [0.15, 0.2) is 48.7 Å². The number of piperidine rings is 1. The molecule has 7 nitrogen and oxygen atoms in total. The molecule has 2 aliphatic rings. The summed E-state index contributed by atoms with van der Waals surface area (Å²) in [5, 5.41) is 3.49. The van der Waals surface area contributed by atoms with Crippen LogP contribution in [-0.4, -0.2) is 55.1 Å². The topological polar surface area (TPSA) is 71.8 Å². The van der Waals surface area contributed by atoms with Gasteiger partial charge in [-0.25, -0.2) is 19.3 Å². The van der Waals surface area contributed by atoms with Crippen molar-refractivity contribution in [3.63, 3.8) is 0 Å². The molecule has 0 unspecified atom stereocenters. The predicted molar refractivity (Wildman–Crippen MR) is 140 cm³/mol. The molecular weight excluding hydrogens is 453 g/mol. The summed E-state index contributed by atoms with van der Waals surface area (Å²) < 4.78 is 15.7. The average molecular weight is 486 g/mol. The number of fused-ring (bicyclic) bond motifs is 1. The summed E-state index contributed by atoms with van der Waals surface area (Å²) in [4.78, 5) is 21.7. The van der Waals surface area contributed by atoms with Crippen LogP contribution in [0.5, 0.6) is 0 Å². The van der Waals surface area contributed by atoms with Gasteiger partial charge in [0.2, 0.25) is 5.95 Å². The molecule has 4 aromatic rings. The second-order valence-electron chi connectivity index (χ2n) is 9.94. The summed E-state index contributed by atoms with van der Waals surface area (Å²) in [6.45, 7) is 3.37. The third-order valence-electron chi connectivity index (χ3n) is 7.37. The second kappa shape index (κ2) is 10.3. The summed E-state index contributed by atoms with van der Waals surface area (Å²) in [5.74, 6) is 1.76. The Morgan fingerprint density at radius 2 is 1.67 bits per heavy atom. The third kappa shape index (κ3) is 4.95. The average Bonchev–Trinajstić information content (AvgIpc) is 3.56. The number of nitrogens with zero attached hydrogens (tertiary/aromatic N) is 6. The molecule has 1 saturated carbocycles. The number of hydrogen-bond acceptors (Lipinski definition) is 6. The Morgan fingerprint density at radius 3 is 2.47 bits per heavy atom. The molecule has 2 fully saturated rings. The van der Waals surface area contributed by atoms with Gasteiger partial charge in [0.05, 0.1) is 5.52 Å². The van der Waals surface area contributed by atoms with Crippen LogP contribution in [0.2, 0.25) is 0 Å². The fourth-order valence-corrected chi connectivity index (χ4v) is 5.42. The zero-order valence-corrected chi connectivity index (χ0v) is 20.5. The van der Waals surface area contributed by atoms with Gasteiger partial charge in [-0.05, 0) is 81.2 Å². The maximum absolute atomic E-state index is 13.7. The van der Waals surface area contributed by atoms with Crippen LogP contribution in [0.3, 0.4) is 0 Å². The Hall–Kier alpha value is -3.39. The van der Waals surface area contributed by atoms with Gasteiger partial charge in [-0.1, -0.05) is 19.3 Å². The van der Waals surface area contributed by atoms with Gasteiger partial charge in [-0.3, -0.25) is 4.57 Å². The Bertz CT molecular complexity index is 1320. The first-order valence-electron chi connectivity index (χ1n) is 13.2. The van der Waals surface area contributed by atoms with E-state index in [9.17, 15) is 4.39 Å². The van der Waals surface area contributed by atoms with Crippen molar-refractivity contribution in [2.45, 2.75) is 57.4 Å². The van der Waals surface area contributed by atoms with E-state index in [0.717, 1.165) is 48.4 Å². The first-order valence-corrected chi connectivity index (χ1v) is 13.2.